The fraction of sp³-hybridized carbons (Fsp3) is 0.281. The van der Waals surface area contributed by atoms with Gasteiger partial charge in [-0.15, -0.1) is 0 Å². The second-order valence-corrected chi connectivity index (χ2v) is 11.0. The predicted molar refractivity (Wildman–Crippen MR) is 148 cm³/mol. The van der Waals surface area contributed by atoms with Gasteiger partial charge in [-0.05, 0) is 84.3 Å². The van der Waals surface area contributed by atoms with Gasteiger partial charge in [-0.3, -0.25) is 19.3 Å². The fourth-order valence-corrected chi connectivity index (χ4v) is 4.91. The van der Waals surface area contributed by atoms with Crippen LogP contribution in [0.2, 0.25) is 0 Å². The predicted octanol–water partition coefficient (Wildman–Crippen LogP) is 6.46. The van der Waals surface area contributed by atoms with Crippen molar-refractivity contribution in [3.8, 4) is 5.75 Å². The molecule has 0 radical (unpaired) electrons. The highest BCUT2D eigenvalue weighted by Crippen LogP contribution is 2.44. The van der Waals surface area contributed by atoms with Crippen LogP contribution in [0.4, 0.5) is 5.69 Å². The number of esters is 1. The van der Waals surface area contributed by atoms with Gasteiger partial charge >= 0.3 is 5.97 Å². The van der Waals surface area contributed by atoms with E-state index in [1.807, 2.05) is 57.2 Å². The number of rotatable bonds is 4. The highest BCUT2D eigenvalue weighted by molar-refractivity contribution is 6.51. The third kappa shape index (κ3) is 5.12. The molecule has 38 heavy (non-hydrogen) atoms. The van der Waals surface area contributed by atoms with E-state index in [1.54, 1.807) is 24.3 Å². The van der Waals surface area contributed by atoms with E-state index in [2.05, 4.69) is 20.8 Å². The number of aliphatic hydroxyl groups is 1. The number of carbonyl (C=O) groups excluding carboxylic acids is 3. The first-order chi connectivity index (χ1) is 17.8. The van der Waals surface area contributed by atoms with Gasteiger partial charge in [-0.1, -0.05) is 51.1 Å². The van der Waals surface area contributed by atoms with Crippen molar-refractivity contribution >= 4 is 29.1 Å². The van der Waals surface area contributed by atoms with Crippen LogP contribution in [-0.2, 0) is 19.8 Å². The summed E-state index contributed by atoms with van der Waals surface area (Å²) in [5.41, 5.74) is 5.01. The van der Waals surface area contributed by atoms with Gasteiger partial charge in [0.15, 0.2) is 0 Å². The van der Waals surface area contributed by atoms with Crippen LogP contribution in [0.3, 0.4) is 0 Å². The summed E-state index contributed by atoms with van der Waals surface area (Å²) in [6, 6.07) is 17.2. The van der Waals surface area contributed by atoms with Crippen molar-refractivity contribution < 1.29 is 24.2 Å². The Kier molecular flexibility index (Phi) is 7.02. The number of anilines is 1. The zero-order valence-corrected chi connectivity index (χ0v) is 22.9. The molecule has 1 aliphatic rings. The van der Waals surface area contributed by atoms with Crippen LogP contribution in [0.5, 0.6) is 5.75 Å². The molecule has 1 unspecified atom stereocenters. The number of amides is 1. The third-order valence-corrected chi connectivity index (χ3v) is 6.72. The Balaban J connectivity index is 2.01. The van der Waals surface area contributed by atoms with Gasteiger partial charge in [0, 0.05) is 18.2 Å². The summed E-state index contributed by atoms with van der Waals surface area (Å²) in [4.78, 5) is 40.2. The van der Waals surface area contributed by atoms with Crippen LogP contribution < -0.4 is 9.64 Å². The first-order valence-corrected chi connectivity index (χ1v) is 12.6. The second kappa shape index (κ2) is 9.93. The van der Waals surface area contributed by atoms with Crippen molar-refractivity contribution in [3.05, 3.63) is 99.6 Å². The number of aliphatic hydroxyl groups excluding tert-OH is 1. The minimum atomic E-state index is -0.926. The molecule has 196 valence electrons. The van der Waals surface area contributed by atoms with Crippen LogP contribution >= 0.6 is 0 Å². The Hall–Kier alpha value is -4.19. The average Bonchev–Trinajstić information content (AvgIpc) is 3.08. The van der Waals surface area contributed by atoms with Crippen molar-refractivity contribution in [2.75, 3.05) is 4.90 Å². The van der Waals surface area contributed by atoms with Crippen LogP contribution in [0.25, 0.3) is 5.76 Å². The van der Waals surface area contributed by atoms with E-state index in [1.165, 1.54) is 11.8 Å². The van der Waals surface area contributed by atoms with E-state index in [9.17, 15) is 19.5 Å². The molecule has 1 heterocycles. The third-order valence-electron chi connectivity index (χ3n) is 6.72. The second-order valence-electron chi connectivity index (χ2n) is 11.0. The number of benzene rings is 3. The van der Waals surface area contributed by atoms with Gasteiger partial charge in [0.05, 0.1) is 11.6 Å². The largest absolute Gasteiger partial charge is 0.507 e. The van der Waals surface area contributed by atoms with Gasteiger partial charge in [0.1, 0.15) is 11.5 Å². The molecule has 1 fully saturated rings. The molecule has 0 bridgehead atoms. The number of ketones is 1. The van der Waals surface area contributed by atoms with Crippen molar-refractivity contribution in [2.45, 2.75) is 59.9 Å². The Labute approximate surface area is 223 Å². The summed E-state index contributed by atoms with van der Waals surface area (Å²) in [6.07, 6.45) is 0. The standard InChI is InChI=1S/C32H33NO5/c1-18-13-19(2)15-24(14-18)33-28(22-9-8-10-25(16-22)38-21(4)34)27(30(36)31(33)37)29(35)26-17-23(32(5,6)7)12-11-20(26)3/h8-17,28,35H,1-7H3/b29-27+. The summed E-state index contributed by atoms with van der Waals surface area (Å²) < 4.78 is 5.29. The highest BCUT2D eigenvalue weighted by atomic mass is 16.5. The number of nitrogens with zero attached hydrogens (tertiary/aromatic N) is 1. The SMILES string of the molecule is CC(=O)Oc1cccc(C2/C(=C(\O)c3cc(C(C)(C)C)ccc3C)C(=O)C(=O)N2c2cc(C)cc(C)c2)c1. The summed E-state index contributed by atoms with van der Waals surface area (Å²) in [5.74, 6) is -1.94. The lowest BCUT2D eigenvalue weighted by Gasteiger charge is -2.27. The first kappa shape index (κ1) is 26.9. The van der Waals surface area contributed by atoms with Crippen LogP contribution in [0.1, 0.15) is 67.1 Å². The molecule has 0 aliphatic carbocycles. The maximum Gasteiger partial charge on any atom is 0.308 e. The van der Waals surface area contributed by atoms with E-state index in [-0.39, 0.29) is 22.5 Å². The van der Waals surface area contributed by atoms with Crippen LogP contribution in [0.15, 0.2) is 66.2 Å². The van der Waals surface area contributed by atoms with E-state index in [0.29, 0.717) is 16.8 Å². The van der Waals surface area contributed by atoms with E-state index < -0.39 is 23.7 Å². The lowest BCUT2D eigenvalue weighted by molar-refractivity contribution is -0.132. The lowest BCUT2D eigenvalue weighted by Crippen LogP contribution is -2.29. The first-order valence-electron chi connectivity index (χ1n) is 12.6. The number of Topliss-reactive ketones (excluding diaryl/α,β-unsaturated/α-hetero) is 1. The molecule has 1 N–H and O–H groups in total. The Bertz CT molecular complexity index is 1470. The molecule has 6 nitrogen and oxygen atoms in total. The summed E-state index contributed by atoms with van der Waals surface area (Å²) >= 11 is 0. The molecule has 4 rings (SSSR count). The maximum absolute atomic E-state index is 13.6. The molecular weight excluding hydrogens is 478 g/mol. The Morgan fingerprint density at radius 1 is 0.921 bits per heavy atom. The molecular formula is C32H33NO5. The molecule has 0 saturated carbocycles. The monoisotopic (exact) mass is 511 g/mol. The molecule has 6 heteroatoms. The normalized spacial score (nSPS) is 17.1. The summed E-state index contributed by atoms with van der Waals surface area (Å²) in [6.45, 7) is 13.2. The van der Waals surface area contributed by atoms with Crippen molar-refractivity contribution in [2.24, 2.45) is 0 Å². The van der Waals surface area contributed by atoms with Gasteiger partial charge in [0.25, 0.3) is 11.7 Å². The molecule has 0 spiro atoms. The Morgan fingerprint density at radius 3 is 2.18 bits per heavy atom. The van der Waals surface area contributed by atoms with Crippen molar-refractivity contribution in [1.82, 2.24) is 0 Å². The minimum Gasteiger partial charge on any atom is -0.507 e. The zero-order chi connectivity index (χ0) is 27.9. The number of carbonyl (C=O) groups is 3. The molecule has 1 amide bonds. The van der Waals surface area contributed by atoms with E-state index in [4.69, 9.17) is 4.74 Å². The number of hydrogen-bond donors (Lipinski definition) is 1. The van der Waals surface area contributed by atoms with E-state index >= 15 is 0 Å². The average molecular weight is 512 g/mol. The highest BCUT2D eigenvalue weighted by Gasteiger charge is 2.47. The van der Waals surface area contributed by atoms with Gasteiger partial charge in [-0.25, -0.2) is 0 Å². The lowest BCUT2D eigenvalue weighted by atomic mass is 9.84. The van der Waals surface area contributed by atoms with Gasteiger partial charge in [0.2, 0.25) is 0 Å². The molecule has 1 aliphatic heterocycles. The fourth-order valence-electron chi connectivity index (χ4n) is 4.91. The Morgan fingerprint density at radius 2 is 1.58 bits per heavy atom. The number of hydrogen-bond acceptors (Lipinski definition) is 5. The van der Waals surface area contributed by atoms with Gasteiger partial charge < -0.3 is 9.84 Å². The summed E-state index contributed by atoms with van der Waals surface area (Å²) in [5, 5.41) is 11.7. The molecule has 0 aromatic heterocycles. The maximum atomic E-state index is 13.6. The topological polar surface area (TPSA) is 83.9 Å². The molecule has 3 aromatic rings. The van der Waals surface area contributed by atoms with Crippen molar-refractivity contribution in [3.63, 3.8) is 0 Å². The van der Waals surface area contributed by atoms with Crippen LogP contribution in [-0.4, -0.2) is 22.8 Å². The number of aryl methyl sites for hydroxylation is 3. The smallest absolute Gasteiger partial charge is 0.308 e. The summed E-state index contributed by atoms with van der Waals surface area (Å²) in [7, 11) is 0. The van der Waals surface area contributed by atoms with Gasteiger partial charge in [-0.2, -0.15) is 0 Å². The molecule has 1 saturated heterocycles. The number of ether oxygens (including phenoxy) is 1. The molecule has 3 aromatic carbocycles. The minimum absolute atomic E-state index is 0.0108. The zero-order valence-electron chi connectivity index (χ0n) is 22.9. The quantitative estimate of drug-likeness (QED) is 0.143. The molecule has 1 atom stereocenters. The van der Waals surface area contributed by atoms with E-state index in [0.717, 1.165) is 22.3 Å². The van der Waals surface area contributed by atoms with Crippen molar-refractivity contribution in [1.29, 1.82) is 0 Å². The van der Waals surface area contributed by atoms with Crippen LogP contribution in [0, 0.1) is 20.8 Å².